The number of benzene rings is 2. The zero-order valence-electron chi connectivity index (χ0n) is 15.7. The number of ketones is 1. The van der Waals surface area contributed by atoms with E-state index in [0.29, 0.717) is 11.1 Å². The van der Waals surface area contributed by atoms with Gasteiger partial charge in [0, 0.05) is 30.7 Å². The van der Waals surface area contributed by atoms with E-state index in [9.17, 15) is 29.6 Å². The monoisotopic (exact) mass is 410 g/mol. The molecule has 30 heavy (non-hydrogen) atoms. The number of aliphatic hydroxyl groups is 1. The summed E-state index contributed by atoms with van der Waals surface area (Å²) < 4.78 is 0. The Bertz CT molecular complexity index is 1030. The third-order valence-electron chi connectivity index (χ3n) is 4.80. The first-order valence-electron chi connectivity index (χ1n) is 9.11. The molecule has 1 amide bonds. The van der Waals surface area contributed by atoms with Gasteiger partial charge in [-0.05, 0) is 24.1 Å². The van der Waals surface area contributed by atoms with Crippen molar-refractivity contribution in [3.8, 4) is 0 Å². The Morgan fingerprint density at radius 2 is 1.67 bits per heavy atom. The lowest BCUT2D eigenvalue weighted by Crippen LogP contribution is -2.31. The van der Waals surface area contributed by atoms with Gasteiger partial charge in [-0.15, -0.1) is 0 Å². The molecule has 0 radical (unpaired) electrons. The number of amides is 1. The van der Waals surface area contributed by atoms with E-state index in [-0.39, 0.29) is 36.4 Å². The maximum atomic E-state index is 12.8. The summed E-state index contributed by atoms with van der Waals surface area (Å²) in [5, 5.41) is 30.6. The van der Waals surface area contributed by atoms with Gasteiger partial charge < -0.3 is 15.1 Å². The average molecular weight is 410 g/mol. The molecule has 0 aromatic heterocycles. The fourth-order valence-electron chi connectivity index (χ4n) is 3.39. The van der Waals surface area contributed by atoms with Crippen molar-refractivity contribution in [2.24, 2.45) is 0 Å². The summed E-state index contributed by atoms with van der Waals surface area (Å²) in [6, 6.07) is 12.6. The highest BCUT2D eigenvalue weighted by molar-refractivity contribution is 6.46. The molecule has 0 aliphatic carbocycles. The minimum Gasteiger partial charge on any atom is -0.507 e. The molecule has 9 heteroatoms. The zero-order valence-corrected chi connectivity index (χ0v) is 15.7. The fraction of sp³-hybridized carbons (Fsp3) is 0.190. The highest BCUT2D eigenvalue weighted by Gasteiger charge is 2.45. The van der Waals surface area contributed by atoms with Gasteiger partial charge in [-0.2, -0.15) is 0 Å². The number of aliphatic hydroxyl groups excluding tert-OH is 1. The molecule has 0 bridgehead atoms. The maximum Gasteiger partial charge on any atom is 0.303 e. The van der Waals surface area contributed by atoms with Crippen molar-refractivity contribution in [3.05, 3.63) is 81.4 Å². The van der Waals surface area contributed by atoms with Crippen LogP contribution in [0.1, 0.15) is 30.0 Å². The number of hydrogen-bond acceptors (Lipinski definition) is 6. The Morgan fingerprint density at radius 3 is 2.23 bits per heavy atom. The lowest BCUT2D eigenvalue weighted by Gasteiger charge is -2.25. The summed E-state index contributed by atoms with van der Waals surface area (Å²) in [4.78, 5) is 47.8. The Labute approximate surface area is 171 Å². The van der Waals surface area contributed by atoms with Gasteiger partial charge in [-0.3, -0.25) is 24.5 Å². The number of nitrogens with zero attached hydrogens (tertiary/aromatic N) is 2. The average Bonchev–Trinajstić information content (AvgIpc) is 2.98. The summed E-state index contributed by atoms with van der Waals surface area (Å²) in [5.74, 6) is -3.16. The van der Waals surface area contributed by atoms with E-state index >= 15 is 0 Å². The number of hydrogen-bond donors (Lipinski definition) is 2. The molecule has 1 fully saturated rings. The summed E-state index contributed by atoms with van der Waals surface area (Å²) in [6.07, 6.45) is -0.0914. The molecule has 1 heterocycles. The van der Waals surface area contributed by atoms with Gasteiger partial charge in [0.25, 0.3) is 17.4 Å². The van der Waals surface area contributed by atoms with Crippen LogP contribution in [-0.4, -0.2) is 44.2 Å². The summed E-state index contributed by atoms with van der Waals surface area (Å²) in [5.41, 5.74) is 0.431. The van der Waals surface area contributed by atoms with E-state index in [2.05, 4.69) is 0 Å². The zero-order chi connectivity index (χ0) is 21.8. The number of carbonyl (C=O) groups is 3. The van der Waals surface area contributed by atoms with Gasteiger partial charge in [0.15, 0.2) is 0 Å². The Morgan fingerprint density at radius 1 is 1.03 bits per heavy atom. The van der Waals surface area contributed by atoms with Crippen LogP contribution in [0.2, 0.25) is 0 Å². The molecule has 1 aliphatic heterocycles. The second-order valence-corrected chi connectivity index (χ2v) is 6.70. The molecule has 2 aromatic carbocycles. The second kappa shape index (κ2) is 8.56. The van der Waals surface area contributed by atoms with Crippen molar-refractivity contribution in [3.63, 3.8) is 0 Å². The Hall–Kier alpha value is -4.01. The van der Waals surface area contributed by atoms with Crippen molar-refractivity contribution in [2.75, 3.05) is 6.54 Å². The predicted molar refractivity (Wildman–Crippen MR) is 105 cm³/mol. The number of Topliss-reactive ketones (excluding diaryl/α,β-unsaturated/α-hetero) is 1. The summed E-state index contributed by atoms with van der Waals surface area (Å²) in [6.45, 7) is -0.0237. The normalized spacial score (nSPS) is 17.9. The number of carboxylic acid groups (broad SMARTS) is 1. The van der Waals surface area contributed by atoms with Crippen LogP contribution in [0.3, 0.4) is 0 Å². The van der Waals surface area contributed by atoms with E-state index < -0.39 is 28.6 Å². The van der Waals surface area contributed by atoms with Crippen LogP contribution in [0.25, 0.3) is 5.76 Å². The second-order valence-electron chi connectivity index (χ2n) is 6.70. The summed E-state index contributed by atoms with van der Waals surface area (Å²) in [7, 11) is 0. The molecule has 1 atom stereocenters. The number of nitro benzene ring substituents is 1. The smallest absolute Gasteiger partial charge is 0.303 e. The van der Waals surface area contributed by atoms with Crippen molar-refractivity contribution in [1.29, 1.82) is 0 Å². The Balaban J connectivity index is 2.09. The van der Waals surface area contributed by atoms with Gasteiger partial charge in [-0.1, -0.05) is 30.3 Å². The first-order valence-corrected chi connectivity index (χ1v) is 9.11. The van der Waals surface area contributed by atoms with Gasteiger partial charge in [0.2, 0.25) is 0 Å². The molecule has 1 unspecified atom stereocenters. The number of non-ortho nitro benzene ring substituents is 1. The van der Waals surface area contributed by atoms with E-state index in [4.69, 9.17) is 5.11 Å². The number of aliphatic carboxylic acids is 1. The number of likely N-dealkylation sites (tertiary alicyclic amines) is 1. The number of carbonyl (C=O) groups excluding carboxylic acids is 2. The molecule has 2 aromatic rings. The van der Waals surface area contributed by atoms with Crippen molar-refractivity contribution in [1.82, 2.24) is 4.90 Å². The first kappa shape index (κ1) is 20.7. The SMILES string of the molecule is O=C(O)CCCN1C(=O)C(=O)/C(=C(/O)c2ccccc2)C1c1ccc([N+](=O)[O-])cc1. The standard InChI is InChI=1S/C21H18N2O7/c24-16(25)7-4-12-22-18(13-8-10-15(11-9-13)23(29)30)17(20(27)21(22)28)19(26)14-5-2-1-3-6-14/h1-3,5-6,8-11,18,26H,4,7,12H2,(H,24,25)/b19-17+. The molecule has 0 saturated carbocycles. The van der Waals surface area contributed by atoms with E-state index in [1.54, 1.807) is 30.3 Å². The lowest BCUT2D eigenvalue weighted by molar-refractivity contribution is -0.384. The molecule has 154 valence electrons. The topological polar surface area (TPSA) is 138 Å². The third kappa shape index (κ3) is 4.04. The highest BCUT2D eigenvalue weighted by Crippen LogP contribution is 2.39. The predicted octanol–water partition coefficient (Wildman–Crippen LogP) is 2.88. The molecular weight excluding hydrogens is 392 g/mol. The van der Waals surface area contributed by atoms with Gasteiger partial charge in [-0.25, -0.2) is 0 Å². The van der Waals surface area contributed by atoms with Crippen molar-refractivity contribution in [2.45, 2.75) is 18.9 Å². The van der Waals surface area contributed by atoms with Crippen LogP contribution in [0.15, 0.2) is 60.2 Å². The lowest BCUT2D eigenvalue weighted by atomic mass is 9.95. The number of carboxylic acids is 1. The number of rotatable bonds is 7. The number of nitro groups is 1. The van der Waals surface area contributed by atoms with Crippen LogP contribution >= 0.6 is 0 Å². The van der Waals surface area contributed by atoms with Gasteiger partial charge in [0.05, 0.1) is 16.5 Å². The van der Waals surface area contributed by atoms with Crippen LogP contribution < -0.4 is 0 Å². The van der Waals surface area contributed by atoms with Crippen LogP contribution in [-0.2, 0) is 14.4 Å². The minimum absolute atomic E-state index is 0.0237. The van der Waals surface area contributed by atoms with Crippen LogP contribution in [0, 0.1) is 10.1 Å². The molecule has 1 saturated heterocycles. The molecular formula is C21H18N2O7. The van der Waals surface area contributed by atoms with Crippen molar-refractivity contribution >= 4 is 29.1 Å². The van der Waals surface area contributed by atoms with E-state index in [0.717, 1.165) is 0 Å². The Kier molecular flexibility index (Phi) is 5.91. The fourth-order valence-corrected chi connectivity index (χ4v) is 3.39. The largest absolute Gasteiger partial charge is 0.507 e. The quantitative estimate of drug-likeness (QED) is 0.235. The molecule has 1 aliphatic rings. The maximum absolute atomic E-state index is 12.8. The van der Waals surface area contributed by atoms with Gasteiger partial charge in [0.1, 0.15) is 5.76 Å². The van der Waals surface area contributed by atoms with E-state index in [1.807, 2.05) is 0 Å². The third-order valence-corrected chi connectivity index (χ3v) is 4.80. The van der Waals surface area contributed by atoms with Crippen LogP contribution in [0.4, 0.5) is 5.69 Å². The molecule has 0 spiro atoms. The minimum atomic E-state index is -1.04. The first-order chi connectivity index (χ1) is 14.3. The summed E-state index contributed by atoms with van der Waals surface area (Å²) >= 11 is 0. The van der Waals surface area contributed by atoms with Crippen molar-refractivity contribution < 1.29 is 29.5 Å². The van der Waals surface area contributed by atoms with Crippen LogP contribution in [0.5, 0.6) is 0 Å². The highest BCUT2D eigenvalue weighted by atomic mass is 16.6. The van der Waals surface area contributed by atoms with E-state index in [1.165, 1.54) is 29.2 Å². The molecule has 9 nitrogen and oxygen atoms in total. The molecule has 2 N–H and O–H groups in total. The molecule has 3 rings (SSSR count). The van der Waals surface area contributed by atoms with Gasteiger partial charge >= 0.3 is 5.97 Å².